The van der Waals surface area contributed by atoms with E-state index in [1.807, 2.05) is 0 Å². The first-order chi connectivity index (χ1) is 8.00. The van der Waals surface area contributed by atoms with Gasteiger partial charge in [-0.3, -0.25) is 9.59 Å². The number of carbonyl (C=O) groups is 3. The van der Waals surface area contributed by atoms with E-state index >= 15 is 0 Å². The molecule has 0 aliphatic carbocycles. The van der Waals surface area contributed by atoms with Gasteiger partial charge < -0.3 is 20.1 Å². The van der Waals surface area contributed by atoms with Gasteiger partial charge in [-0.15, -0.1) is 0 Å². The summed E-state index contributed by atoms with van der Waals surface area (Å²) in [7, 11) is 0. The molecule has 0 aliphatic heterocycles. The zero-order valence-electron chi connectivity index (χ0n) is 8.62. The van der Waals surface area contributed by atoms with Crippen LogP contribution in [0.3, 0.4) is 0 Å². The SMILES string of the molecule is O=C(O)CCC(NC(=O)c1ccon1)C(=O)O. The minimum Gasteiger partial charge on any atom is -0.481 e. The molecule has 92 valence electrons. The second kappa shape index (κ2) is 5.64. The van der Waals surface area contributed by atoms with Crippen LogP contribution in [-0.4, -0.2) is 39.3 Å². The molecule has 1 unspecified atom stereocenters. The average molecular weight is 242 g/mol. The van der Waals surface area contributed by atoms with E-state index in [-0.39, 0.29) is 18.5 Å². The normalized spacial score (nSPS) is 11.8. The van der Waals surface area contributed by atoms with Gasteiger partial charge in [-0.2, -0.15) is 0 Å². The van der Waals surface area contributed by atoms with Crippen molar-refractivity contribution in [2.75, 3.05) is 0 Å². The third kappa shape index (κ3) is 3.93. The monoisotopic (exact) mass is 242 g/mol. The van der Waals surface area contributed by atoms with Crippen LogP contribution in [0.4, 0.5) is 0 Å². The van der Waals surface area contributed by atoms with Gasteiger partial charge in [-0.25, -0.2) is 4.79 Å². The van der Waals surface area contributed by atoms with Crippen molar-refractivity contribution in [2.45, 2.75) is 18.9 Å². The maximum atomic E-state index is 11.4. The van der Waals surface area contributed by atoms with Gasteiger partial charge in [0.05, 0.1) is 0 Å². The smallest absolute Gasteiger partial charge is 0.326 e. The zero-order valence-corrected chi connectivity index (χ0v) is 8.62. The maximum absolute atomic E-state index is 11.4. The minimum absolute atomic E-state index is 0.0634. The molecule has 1 aromatic rings. The second-order valence-corrected chi connectivity index (χ2v) is 3.18. The first-order valence-electron chi connectivity index (χ1n) is 4.66. The molecular formula is C9H10N2O6. The van der Waals surface area contributed by atoms with Gasteiger partial charge in [-0.05, 0) is 6.42 Å². The molecule has 0 aliphatic rings. The van der Waals surface area contributed by atoms with Crippen LogP contribution in [0, 0.1) is 0 Å². The molecule has 17 heavy (non-hydrogen) atoms. The van der Waals surface area contributed by atoms with Crippen LogP contribution >= 0.6 is 0 Å². The number of nitrogens with zero attached hydrogens (tertiary/aromatic N) is 1. The summed E-state index contributed by atoms with van der Waals surface area (Å²) in [6.07, 6.45) is 0.617. The minimum atomic E-state index is -1.30. The summed E-state index contributed by atoms with van der Waals surface area (Å²) in [4.78, 5) is 32.5. The van der Waals surface area contributed by atoms with Crippen LogP contribution in [0.25, 0.3) is 0 Å². The molecule has 0 radical (unpaired) electrons. The summed E-state index contributed by atoms with van der Waals surface area (Å²) in [6, 6.07) is 0.00104. The van der Waals surface area contributed by atoms with Crippen molar-refractivity contribution in [3.63, 3.8) is 0 Å². The highest BCUT2D eigenvalue weighted by Gasteiger charge is 2.22. The molecule has 0 bridgehead atoms. The highest BCUT2D eigenvalue weighted by atomic mass is 16.5. The van der Waals surface area contributed by atoms with Crippen LogP contribution in [0.5, 0.6) is 0 Å². The number of amides is 1. The summed E-state index contributed by atoms with van der Waals surface area (Å²) in [5.74, 6) is -3.16. The Morgan fingerprint density at radius 2 is 2.12 bits per heavy atom. The molecule has 0 saturated heterocycles. The van der Waals surface area contributed by atoms with Crippen molar-refractivity contribution in [3.8, 4) is 0 Å². The van der Waals surface area contributed by atoms with E-state index in [9.17, 15) is 14.4 Å². The molecule has 1 atom stereocenters. The lowest BCUT2D eigenvalue weighted by molar-refractivity contribution is -0.140. The third-order valence-corrected chi connectivity index (χ3v) is 1.92. The van der Waals surface area contributed by atoms with Gasteiger partial charge >= 0.3 is 11.9 Å². The van der Waals surface area contributed by atoms with Crippen molar-refractivity contribution >= 4 is 17.8 Å². The Labute approximate surface area is 95.2 Å². The summed E-state index contributed by atoms with van der Waals surface area (Å²) < 4.78 is 4.42. The summed E-state index contributed by atoms with van der Waals surface area (Å²) in [5, 5.41) is 22.7. The van der Waals surface area contributed by atoms with Crippen LogP contribution in [0.15, 0.2) is 16.9 Å². The molecule has 1 heterocycles. The molecule has 8 heteroatoms. The molecule has 0 saturated carbocycles. The quantitative estimate of drug-likeness (QED) is 0.625. The summed E-state index contributed by atoms with van der Waals surface area (Å²) in [5.41, 5.74) is -0.0634. The van der Waals surface area contributed by atoms with Gasteiger partial charge in [0.1, 0.15) is 12.3 Å². The van der Waals surface area contributed by atoms with E-state index in [4.69, 9.17) is 10.2 Å². The van der Waals surface area contributed by atoms with E-state index in [1.54, 1.807) is 0 Å². The Morgan fingerprint density at radius 3 is 2.59 bits per heavy atom. The molecule has 0 spiro atoms. The van der Waals surface area contributed by atoms with Gasteiger partial charge in [0.15, 0.2) is 5.69 Å². The molecule has 1 rings (SSSR count). The predicted octanol–water partition coefficient (Wildman–Crippen LogP) is -0.278. The van der Waals surface area contributed by atoms with E-state index in [0.717, 1.165) is 0 Å². The van der Waals surface area contributed by atoms with Gasteiger partial charge in [0, 0.05) is 12.5 Å². The van der Waals surface area contributed by atoms with Gasteiger partial charge in [-0.1, -0.05) is 5.16 Å². The van der Waals surface area contributed by atoms with Crippen molar-refractivity contribution < 1.29 is 29.1 Å². The largest absolute Gasteiger partial charge is 0.481 e. The van der Waals surface area contributed by atoms with Gasteiger partial charge in [0.25, 0.3) is 5.91 Å². The van der Waals surface area contributed by atoms with Crippen molar-refractivity contribution in [1.29, 1.82) is 0 Å². The first-order valence-corrected chi connectivity index (χ1v) is 4.66. The van der Waals surface area contributed by atoms with Crippen LogP contribution in [0.1, 0.15) is 23.3 Å². The van der Waals surface area contributed by atoms with Crippen molar-refractivity contribution in [1.82, 2.24) is 10.5 Å². The lowest BCUT2D eigenvalue weighted by Crippen LogP contribution is -2.41. The topological polar surface area (TPSA) is 130 Å². The van der Waals surface area contributed by atoms with E-state index in [2.05, 4.69) is 15.0 Å². The number of carboxylic acids is 2. The Morgan fingerprint density at radius 1 is 1.41 bits per heavy atom. The van der Waals surface area contributed by atoms with Crippen LogP contribution < -0.4 is 5.32 Å². The molecule has 1 amide bonds. The number of carboxylic acid groups (broad SMARTS) is 2. The maximum Gasteiger partial charge on any atom is 0.326 e. The molecule has 3 N–H and O–H groups in total. The highest BCUT2D eigenvalue weighted by molar-refractivity contribution is 5.94. The lowest BCUT2D eigenvalue weighted by Gasteiger charge is -2.11. The predicted molar refractivity (Wildman–Crippen MR) is 52.3 cm³/mol. The van der Waals surface area contributed by atoms with Gasteiger partial charge in [0.2, 0.25) is 0 Å². The Bertz CT molecular complexity index is 413. The molecule has 0 fully saturated rings. The number of hydrogen-bond donors (Lipinski definition) is 3. The fourth-order valence-electron chi connectivity index (χ4n) is 1.09. The molecular weight excluding hydrogens is 232 g/mol. The number of rotatable bonds is 6. The Kier molecular flexibility index (Phi) is 4.21. The highest BCUT2D eigenvalue weighted by Crippen LogP contribution is 2.01. The van der Waals surface area contributed by atoms with Crippen molar-refractivity contribution in [2.24, 2.45) is 0 Å². The summed E-state index contributed by atoms with van der Waals surface area (Å²) >= 11 is 0. The Balaban J connectivity index is 2.58. The standard InChI is InChI=1S/C9H10N2O6/c12-7(13)2-1-6(9(15)16)10-8(14)5-3-4-17-11-5/h3-4,6H,1-2H2,(H,10,14)(H,12,13)(H,15,16). The zero-order chi connectivity index (χ0) is 12.8. The third-order valence-electron chi connectivity index (χ3n) is 1.92. The average Bonchev–Trinajstić information content (AvgIpc) is 2.76. The Hall–Kier alpha value is -2.38. The van der Waals surface area contributed by atoms with E-state index in [1.165, 1.54) is 12.3 Å². The number of aliphatic carboxylic acids is 2. The molecule has 1 aromatic heterocycles. The second-order valence-electron chi connectivity index (χ2n) is 3.18. The molecule has 0 aromatic carbocycles. The number of carbonyl (C=O) groups excluding carboxylic acids is 1. The summed E-state index contributed by atoms with van der Waals surface area (Å²) in [6.45, 7) is 0. The van der Waals surface area contributed by atoms with E-state index < -0.39 is 23.9 Å². The fourth-order valence-corrected chi connectivity index (χ4v) is 1.09. The number of hydrogen-bond acceptors (Lipinski definition) is 5. The van der Waals surface area contributed by atoms with Crippen LogP contribution in [-0.2, 0) is 9.59 Å². The van der Waals surface area contributed by atoms with E-state index in [0.29, 0.717) is 0 Å². The fraction of sp³-hybridized carbons (Fsp3) is 0.333. The number of aromatic nitrogens is 1. The van der Waals surface area contributed by atoms with Crippen molar-refractivity contribution in [3.05, 3.63) is 18.0 Å². The lowest BCUT2D eigenvalue weighted by atomic mass is 10.1. The van der Waals surface area contributed by atoms with Crippen LogP contribution in [0.2, 0.25) is 0 Å². The molecule has 8 nitrogen and oxygen atoms in total. The number of nitrogens with one attached hydrogen (secondary N) is 1. The first kappa shape index (κ1) is 12.7.